The zero-order valence-electron chi connectivity index (χ0n) is 11.9. The van der Waals surface area contributed by atoms with Gasteiger partial charge < -0.3 is 5.32 Å². The van der Waals surface area contributed by atoms with E-state index in [-0.39, 0.29) is 11.8 Å². The molecule has 1 saturated heterocycles. The summed E-state index contributed by atoms with van der Waals surface area (Å²) in [4.78, 5) is 26.3. The minimum atomic E-state index is -0.547. The number of benzene rings is 1. The lowest BCUT2D eigenvalue weighted by atomic mass is 10.0. The second-order valence-electron chi connectivity index (χ2n) is 5.14. The molecule has 1 aromatic rings. The molecule has 2 amide bonds. The van der Waals surface area contributed by atoms with Gasteiger partial charge in [0.25, 0.3) is 0 Å². The Bertz CT molecular complexity index is 524. The largest absolute Gasteiger partial charge is 0.342 e. The molecule has 1 aliphatic heterocycles. The fourth-order valence-electron chi connectivity index (χ4n) is 2.55. The summed E-state index contributed by atoms with van der Waals surface area (Å²) in [5.74, 6) is -0.225. The highest BCUT2D eigenvalue weighted by atomic mass is 35.5. The average molecular weight is 295 g/mol. The molecule has 0 radical (unpaired) electrons. The minimum absolute atomic E-state index is 0.0878. The van der Waals surface area contributed by atoms with Crippen LogP contribution in [-0.4, -0.2) is 23.9 Å². The van der Waals surface area contributed by atoms with E-state index in [1.54, 1.807) is 13.0 Å². The molecule has 20 heavy (non-hydrogen) atoms. The normalized spacial score (nSPS) is 22.9. The Kier molecular flexibility index (Phi) is 4.33. The number of anilines is 1. The molecule has 0 aromatic heterocycles. The van der Waals surface area contributed by atoms with Gasteiger partial charge in [-0.1, -0.05) is 37.1 Å². The fraction of sp³-hybridized carbons (Fsp3) is 0.467. The Morgan fingerprint density at radius 1 is 1.35 bits per heavy atom. The Morgan fingerprint density at radius 3 is 2.65 bits per heavy atom. The quantitative estimate of drug-likeness (QED) is 0.932. The molecule has 1 aromatic carbocycles. The first-order valence-electron chi connectivity index (χ1n) is 6.86. The van der Waals surface area contributed by atoms with Gasteiger partial charge in [0.15, 0.2) is 0 Å². The van der Waals surface area contributed by atoms with Gasteiger partial charge in [0, 0.05) is 0 Å². The monoisotopic (exact) mass is 294 g/mol. The maximum atomic E-state index is 12.6. The van der Waals surface area contributed by atoms with Gasteiger partial charge in [-0.05, 0) is 31.9 Å². The number of piperazine rings is 1. The summed E-state index contributed by atoms with van der Waals surface area (Å²) in [5.41, 5.74) is 1.53. The van der Waals surface area contributed by atoms with Crippen molar-refractivity contribution in [1.29, 1.82) is 0 Å². The second kappa shape index (κ2) is 5.83. The van der Waals surface area contributed by atoms with Gasteiger partial charge in [0.1, 0.15) is 12.1 Å². The van der Waals surface area contributed by atoms with Crippen LogP contribution in [0.4, 0.5) is 5.69 Å². The SMILES string of the molecule is CCCC1NC(=O)C(C)N(c2c(C)cccc2Cl)C1=O. The zero-order chi connectivity index (χ0) is 14.9. The molecule has 0 spiro atoms. The Hall–Kier alpha value is -1.55. The van der Waals surface area contributed by atoms with Crippen LogP contribution in [0, 0.1) is 6.92 Å². The highest BCUT2D eigenvalue weighted by Gasteiger charge is 2.39. The van der Waals surface area contributed by atoms with Crippen molar-refractivity contribution in [3.63, 3.8) is 0 Å². The van der Waals surface area contributed by atoms with Crippen LogP contribution < -0.4 is 10.2 Å². The lowest BCUT2D eigenvalue weighted by molar-refractivity contribution is -0.133. The summed E-state index contributed by atoms with van der Waals surface area (Å²) < 4.78 is 0. The number of para-hydroxylation sites is 1. The lowest BCUT2D eigenvalue weighted by Crippen LogP contribution is -2.62. The average Bonchev–Trinajstić information content (AvgIpc) is 2.39. The number of amides is 2. The van der Waals surface area contributed by atoms with Crippen LogP contribution in [0.5, 0.6) is 0 Å². The topological polar surface area (TPSA) is 49.4 Å². The third kappa shape index (κ3) is 2.52. The maximum Gasteiger partial charge on any atom is 0.250 e. The summed E-state index contributed by atoms with van der Waals surface area (Å²) >= 11 is 6.24. The summed E-state index contributed by atoms with van der Waals surface area (Å²) in [7, 11) is 0. The van der Waals surface area contributed by atoms with Crippen LogP contribution in [0.25, 0.3) is 0 Å². The van der Waals surface area contributed by atoms with Gasteiger partial charge >= 0.3 is 0 Å². The standard InChI is InChI=1S/C15H19ClN2O2/c1-4-6-12-15(20)18(10(3)14(19)17-12)13-9(2)7-5-8-11(13)16/h5,7-8,10,12H,4,6H2,1-3H3,(H,17,19). The number of hydrogen-bond acceptors (Lipinski definition) is 2. The van der Waals surface area contributed by atoms with E-state index >= 15 is 0 Å². The summed E-state index contributed by atoms with van der Waals surface area (Å²) in [5, 5.41) is 3.28. The van der Waals surface area contributed by atoms with Crippen LogP contribution in [0.2, 0.25) is 5.02 Å². The predicted octanol–water partition coefficient (Wildman–Crippen LogP) is 2.67. The van der Waals surface area contributed by atoms with Crippen molar-refractivity contribution in [2.45, 2.75) is 45.7 Å². The van der Waals surface area contributed by atoms with Crippen molar-refractivity contribution in [1.82, 2.24) is 5.32 Å². The Morgan fingerprint density at radius 2 is 2.05 bits per heavy atom. The van der Waals surface area contributed by atoms with Crippen molar-refractivity contribution in [2.75, 3.05) is 4.90 Å². The zero-order valence-corrected chi connectivity index (χ0v) is 12.7. The first-order chi connectivity index (χ1) is 9.47. The first-order valence-corrected chi connectivity index (χ1v) is 7.23. The number of carbonyl (C=O) groups excluding carboxylic acids is 2. The number of aryl methyl sites for hydroxylation is 1. The third-order valence-electron chi connectivity index (χ3n) is 3.63. The third-order valence-corrected chi connectivity index (χ3v) is 3.93. The van der Waals surface area contributed by atoms with Crippen LogP contribution in [-0.2, 0) is 9.59 Å². The molecule has 2 atom stereocenters. The Balaban J connectivity index is 2.46. The van der Waals surface area contributed by atoms with Crippen LogP contribution in [0.1, 0.15) is 32.3 Å². The molecule has 0 bridgehead atoms. The first kappa shape index (κ1) is 14.9. The molecule has 1 fully saturated rings. The van der Waals surface area contributed by atoms with Gasteiger partial charge in [-0.15, -0.1) is 0 Å². The molecule has 0 aliphatic carbocycles. The number of hydrogen-bond donors (Lipinski definition) is 1. The van der Waals surface area contributed by atoms with E-state index in [9.17, 15) is 9.59 Å². The minimum Gasteiger partial charge on any atom is -0.342 e. The molecule has 0 saturated carbocycles. The second-order valence-corrected chi connectivity index (χ2v) is 5.55. The van der Waals surface area contributed by atoms with E-state index in [0.29, 0.717) is 17.1 Å². The van der Waals surface area contributed by atoms with E-state index in [2.05, 4.69) is 5.32 Å². The van der Waals surface area contributed by atoms with E-state index in [0.717, 1.165) is 12.0 Å². The van der Waals surface area contributed by atoms with Crippen LogP contribution in [0.3, 0.4) is 0 Å². The number of nitrogens with one attached hydrogen (secondary N) is 1. The summed E-state index contributed by atoms with van der Waals surface area (Å²) in [6, 6.07) is 4.46. The van der Waals surface area contributed by atoms with Crippen molar-refractivity contribution >= 4 is 29.1 Å². The summed E-state index contributed by atoms with van der Waals surface area (Å²) in [6.45, 7) is 5.60. The number of halogens is 1. The predicted molar refractivity (Wildman–Crippen MR) is 80.0 cm³/mol. The van der Waals surface area contributed by atoms with Crippen molar-refractivity contribution in [3.05, 3.63) is 28.8 Å². The van der Waals surface area contributed by atoms with Gasteiger partial charge in [-0.3, -0.25) is 14.5 Å². The van der Waals surface area contributed by atoms with Gasteiger partial charge in [-0.25, -0.2) is 0 Å². The van der Waals surface area contributed by atoms with E-state index < -0.39 is 12.1 Å². The summed E-state index contributed by atoms with van der Waals surface area (Å²) in [6.07, 6.45) is 1.47. The molecule has 2 rings (SSSR count). The van der Waals surface area contributed by atoms with Gasteiger partial charge in [-0.2, -0.15) is 0 Å². The molecule has 4 nitrogen and oxygen atoms in total. The highest BCUT2D eigenvalue weighted by molar-refractivity contribution is 6.34. The maximum absolute atomic E-state index is 12.6. The van der Waals surface area contributed by atoms with Gasteiger partial charge in [0.05, 0.1) is 10.7 Å². The number of carbonyl (C=O) groups is 2. The van der Waals surface area contributed by atoms with E-state index in [1.165, 1.54) is 4.90 Å². The molecular formula is C15H19ClN2O2. The fourth-order valence-corrected chi connectivity index (χ4v) is 2.86. The highest BCUT2D eigenvalue weighted by Crippen LogP contribution is 2.33. The molecule has 1 heterocycles. The van der Waals surface area contributed by atoms with Crippen LogP contribution >= 0.6 is 11.6 Å². The van der Waals surface area contributed by atoms with Crippen molar-refractivity contribution in [3.8, 4) is 0 Å². The van der Waals surface area contributed by atoms with Crippen LogP contribution in [0.15, 0.2) is 18.2 Å². The number of nitrogens with zero attached hydrogens (tertiary/aromatic N) is 1. The molecule has 5 heteroatoms. The van der Waals surface area contributed by atoms with Crippen molar-refractivity contribution < 1.29 is 9.59 Å². The molecule has 108 valence electrons. The van der Waals surface area contributed by atoms with E-state index in [1.807, 2.05) is 26.0 Å². The molecular weight excluding hydrogens is 276 g/mol. The van der Waals surface area contributed by atoms with Gasteiger partial charge in [0.2, 0.25) is 11.8 Å². The molecule has 1 N–H and O–H groups in total. The Labute approximate surface area is 124 Å². The van der Waals surface area contributed by atoms with Crippen molar-refractivity contribution in [2.24, 2.45) is 0 Å². The molecule has 1 aliphatic rings. The lowest BCUT2D eigenvalue weighted by Gasteiger charge is -2.38. The van der Waals surface area contributed by atoms with E-state index in [4.69, 9.17) is 11.6 Å². The number of rotatable bonds is 3. The molecule has 2 unspecified atom stereocenters. The smallest absolute Gasteiger partial charge is 0.250 e.